The van der Waals surface area contributed by atoms with Crippen LogP contribution in [0.15, 0.2) is 30.6 Å². The fraction of sp³-hybridized carbons (Fsp3) is 0.462. The molecule has 5 rings (SSSR count). The van der Waals surface area contributed by atoms with Gasteiger partial charge in [0, 0.05) is 43.6 Å². The third kappa shape index (κ3) is 5.46. The number of hydrogen-bond acceptors (Lipinski definition) is 7. The summed E-state index contributed by atoms with van der Waals surface area (Å²) in [5.74, 6) is 0.457. The zero-order chi connectivity index (χ0) is 25.4. The molecular weight excluding hydrogens is 499 g/mol. The number of nitrogens with zero attached hydrogens (tertiary/aromatic N) is 5. The molecule has 2 N–H and O–H groups in total. The van der Waals surface area contributed by atoms with Crippen LogP contribution in [-0.4, -0.2) is 68.8 Å². The van der Waals surface area contributed by atoms with Gasteiger partial charge in [0.1, 0.15) is 11.5 Å². The van der Waals surface area contributed by atoms with E-state index in [1.54, 1.807) is 29.3 Å². The molecule has 11 heteroatoms. The average Bonchev–Trinajstić information content (AvgIpc) is 3.25. The summed E-state index contributed by atoms with van der Waals surface area (Å²) >= 11 is 0. The Hall–Kier alpha value is -3.08. The second kappa shape index (κ2) is 11.1. The molecule has 0 saturated carbocycles. The molecule has 4 heterocycles. The summed E-state index contributed by atoms with van der Waals surface area (Å²) in [4.78, 5) is 28.1. The second-order valence-corrected chi connectivity index (χ2v) is 9.56. The maximum Gasteiger partial charge on any atom is 0.256 e. The Bertz CT molecular complexity index is 1270. The van der Waals surface area contributed by atoms with Crippen LogP contribution < -0.4 is 5.73 Å². The number of halogens is 2. The Morgan fingerprint density at radius 1 is 1.11 bits per heavy atom. The lowest BCUT2D eigenvalue weighted by Gasteiger charge is -2.35. The van der Waals surface area contributed by atoms with E-state index in [1.807, 2.05) is 25.3 Å². The number of anilines is 1. The van der Waals surface area contributed by atoms with Crippen molar-refractivity contribution in [2.75, 3.05) is 32.0 Å². The van der Waals surface area contributed by atoms with Crippen molar-refractivity contribution in [3.8, 4) is 22.8 Å². The molecule has 2 atom stereocenters. The van der Waals surface area contributed by atoms with Gasteiger partial charge in [-0.15, -0.1) is 12.4 Å². The van der Waals surface area contributed by atoms with Crippen LogP contribution in [0.4, 0.5) is 10.1 Å². The summed E-state index contributed by atoms with van der Waals surface area (Å²) in [6.45, 7) is 8.13. The highest BCUT2D eigenvalue weighted by molar-refractivity contribution is 6.00. The zero-order valence-electron chi connectivity index (χ0n) is 21.2. The maximum atomic E-state index is 15.0. The smallest absolute Gasteiger partial charge is 0.256 e. The number of nitrogens with two attached hydrogens (primary N) is 1. The predicted molar refractivity (Wildman–Crippen MR) is 140 cm³/mol. The Labute approximate surface area is 221 Å². The number of carbonyl (C=O) groups excluding carboxylic acids is 1. The predicted octanol–water partition coefficient (Wildman–Crippen LogP) is 4.06. The summed E-state index contributed by atoms with van der Waals surface area (Å²) in [5.41, 5.74) is 8.43. The minimum atomic E-state index is -0.526. The first-order valence-corrected chi connectivity index (χ1v) is 12.3. The van der Waals surface area contributed by atoms with E-state index < -0.39 is 5.82 Å². The van der Waals surface area contributed by atoms with Crippen molar-refractivity contribution < 1.29 is 18.7 Å². The molecule has 0 aliphatic carbocycles. The molecule has 1 amide bonds. The van der Waals surface area contributed by atoms with Gasteiger partial charge >= 0.3 is 0 Å². The third-order valence-corrected chi connectivity index (χ3v) is 6.77. The normalized spacial score (nSPS) is 20.5. The van der Waals surface area contributed by atoms with Gasteiger partial charge in [-0.25, -0.2) is 19.3 Å². The van der Waals surface area contributed by atoms with Crippen molar-refractivity contribution in [3.05, 3.63) is 47.8 Å². The van der Waals surface area contributed by atoms with Crippen LogP contribution in [-0.2, 0) is 9.47 Å². The quantitative estimate of drug-likeness (QED) is 0.507. The van der Waals surface area contributed by atoms with Crippen LogP contribution in [0.1, 0.15) is 48.9 Å². The van der Waals surface area contributed by atoms with Gasteiger partial charge < -0.3 is 24.7 Å². The van der Waals surface area contributed by atoms with Crippen molar-refractivity contribution in [3.63, 3.8) is 0 Å². The number of benzene rings is 1. The van der Waals surface area contributed by atoms with E-state index in [2.05, 4.69) is 15.0 Å². The molecule has 3 aromatic rings. The number of morpholine rings is 1. The van der Waals surface area contributed by atoms with Crippen LogP contribution in [0.3, 0.4) is 0 Å². The molecule has 2 aliphatic rings. The fourth-order valence-electron chi connectivity index (χ4n) is 5.13. The summed E-state index contributed by atoms with van der Waals surface area (Å²) in [5, 5.41) is 0. The van der Waals surface area contributed by atoms with Crippen molar-refractivity contribution in [2.45, 2.75) is 51.9 Å². The highest BCUT2D eigenvalue weighted by Gasteiger charge is 2.28. The average molecular weight is 531 g/mol. The van der Waals surface area contributed by atoms with E-state index in [0.717, 1.165) is 18.7 Å². The fourth-order valence-corrected chi connectivity index (χ4v) is 5.13. The standard InChI is InChI=1S/C26H31FN6O3.ClH/c1-15-13-32(14-16(2)36-15)26(34)20-5-4-18(10-22(20)28)25-30-11-21(27)24(31-25)23-12-29-17(3)33(23)19-6-8-35-9-7-19;/h4-5,10-12,15-16,19H,6-9,13-14,28H2,1-3H3;1H. The van der Waals surface area contributed by atoms with E-state index >= 15 is 0 Å². The van der Waals surface area contributed by atoms with Crippen molar-refractivity contribution in [2.24, 2.45) is 0 Å². The van der Waals surface area contributed by atoms with Crippen LogP contribution in [0.25, 0.3) is 22.8 Å². The van der Waals surface area contributed by atoms with Gasteiger partial charge in [0.25, 0.3) is 5.91 Å². The lowest BCUT2D eigenvalue weighted by Crippen LogP contribution is -2.48. The van der Waals surface area contributed by atoms with E-state index in [0.29, 0.717) is 54.6 Å². The zero-order valence-corrected chi connectivity index (χ0v) is 22.0. The highest BCUT2D eigenvalue weighted by Crippen LogP contribution is 2.32. The number of nitrogen functional groups attached to an aromatic ring is 1. The summed E-state index contributed by atoms with van der Waals surface area (Å²) in [6.07, 6.45) is 4.40. The Morgan fingerprint density at radius 2 is 1.81 bits per heavy atom. The minimum absolute atomic E-state index is 0. The monoisotopic (exact) mass is 530 g/mol. The maximum absolute atomic E-state index is 15.0. The largest absolute Gasteiger partial charge is 0.398 e. The minimum Gasteiger partial charge on any atom is -0.398 e. The second-order valence-electron chi connectivity index (χ2n) is 9.56. The first-order chi connectivity index (χ1) is 17.3. The molecular formula is C26H32ClFN6O3. The first kappa shape index (κ1) is 27.0. The Morgan fingerprint density at radius 3 is 2.49 bits per heavy atom. The van der Waals surface area contributed by atoms with Gasteiger partial charge in [0.2, 0.25) is 0 Å². The molecule has 9 nitrogen and oxygen atoms in total. The Balaban J connectivity index is 0.00000320. The number of imidazole rings is 1. The molecule has 2 aromatic heterocycles. The third-order valence-electron chi connectivity index (χ3n) is 6.77. The van der Waals surface area contributed by atoms with Gasteiger partial charge in [-0.1, -0.05) is 6.07 Å². The van der Waals surface area contributed by atoms with Crippen LogP contribution in [0.2, 0.25) is 0 Å². The number of ether oxygens (including phenoxy) is 2. The number of rotatable bonds is 4. The molecule has 0 spiro atoms. The van der Waals surface area contributed by atoms with Crippen molar-refractivity contribution >= 4 is 24.0 Å². The topological polar surface area (TPSA) is 108 Å². The number of aromatic nitrogens is 4. The molecule has 0 radical (unpaired) electrons. The van der Waals surface area contributed by atoms with Gasteiger partial charge in [-0.3, -0.25) is 4.79 Å². The Kier molecular flexibility index (Phi) is 8.11. The highest BCUT2D eigenvalue weighted by atomic mass is 35.5. The molecule has 2 unspecified atom stereocenters. The molecule has 198 valence electrons. The molecule has 2 saturated heterocycles. The summed E-state index contributed by atoms with van der Waals surface area (Å²) in [6, 6.07) is 5.26. The van der Waals surface area contributed by atoms with Gasteiger partial charge in [0.15, 0.2) is 11.6 Å². The number of carbonyl (C=O) groups is 1. The number of hydrogen-bond donors (Lipinski definition) is 1. The molecule has 2 fully saturated rings. The SMILES string of the molecule is Cc1ncc(-c2nc(-c3ccc(C(=O)N4CC(C)OC(C)C4)c(N)c3)ncc2F)n1C1CCOCC1.Cl. The van der Waals surface area contributed by atoms with E-state index in [1.165, 1.54) is 6.20 Å². The first-order valence-electron chi connectivity index (χ1n) is 12.3. The van der Waals surface area contributed by atoms with E-state index in [9.17, 15) is 9.18 Å². The van der Waals surface area contributed by atoms with E-state index in [-0.39, 0.29) is 42.3 Å². The van der Waals surface area contributed by atoms with E-state index in [4.69, 9.17) is 15.2 Å². The van der Waals surface area contributed by atoms with Crippen molar-refractivity contribution in [1.29, 1.82) is 0 Å². The molecule has 0 bridgehead atoms. The molecule has 2 aliphatic heterocycles. The summed E-state index contributed by atoms with van der Waals surface area (Å²) < 4.78 is 28.2. The van der Waals surface area contributed by atoms with Crippen LogP contribution >= 0.6 is 12.4 Å². The number of amides is 1. The van der Waals surface area contributed by atoms with Gasteiger partial charge in [-0.2, -0.15) is 0 Å². The van der Waals surface area contributed by atoms with Crippen LogP contribution in [0.5, 0.6) is 0 Å². The molecule has 37 heavy (non-hydrogen) atoms. The van der Waals surface area contributed by atoms with Gasteiger partial charge in [0.05, 0.1) is 35.9 Å². The number of aryl methyl sites for hydroxylation is 1. The molecule has 1 aromatic carbocycles. The lowest BCUT2D eigenvalue weighted by molar-refractivity contribution is -0.0585. The van der Waals surface area contributed by atoms with Gasteiger partial charge in [-0.05, 0) is 45.7 Å². The summed E-state index contributed by atoms with van der Waals surface area (Å²) in [7, 11) is 0. The lowest BCUT2D eigenvalue weighted by atomic mass is 10.1. The van der Waals surface area contributed by atoms with Crippen molar-refractivity contribution in [1.82, 2.24) is 24.4 Å². The van der Waals surface area contributed by atoms with Crippen LogP contribution in [0, 0.1) is 12.7 Å².